The largest absolute Gasteiger partial charge is 0.481 e. The molecule has 3 rings (SSSR count). The lowest BCUT2D eigenvalue weighted by atomic mass is 9.89. The van der Waals surface area contributed by atoms with Gasteiger partial charge in [-0.05, 0) is 30.0 Å². The van der Waals surface area contributed by atoms with Crippen LogP contribution in [0.4, 0.5) is 0 Å². The zero-order valence-electron chi connectivity index (χ0n) is 13.7. The fourth-order valence-electron chi connectivity index (χ4n) is 3.29. The second-order valence-corrected chi connectivity index (χ2v) is 6.35. The van der Waals surface area contributed by atoms with Gasteiger partial charge in [0.25, 0.3) is 0 Å². The summed E-state index contributed by atoms with van der Waals surface area (Å²) in [4.78, 5) is 25.8. The highest BCUT2D eigenvalue weighted by Crippen LogP contribution is 2.29. The molecule has 0 aliphatic carbocycles. The highest BCUT2D eigenvalue weighted by molar-refractivity contribution is 5.81. The van der Waals surface area contributed by atoms with Gasteiger partial charge in [0.15, 0.2) is 0 Å². The number of benzene rings is 2. The van der Waals surface area contributed by atoms with Gasteiger partial charge in [0, 0.05) is 19.5 Å². The summed E-state index contributed by atoms with van der Waals surface area (Å²) >= 11 is 0. The Morgan fingerprint density at radius 3 is 2.71 bits per heavy atom. The van der Waals surface area contributed by atoms with Crippen molar-refractivity contribution in [2.45, 2.75) is 32.2 Å². The summed E-state index contributed by atoms with van der Waals surface area (Å²) in [6.07, 6.45) is 1.08. The minimum absolute atomic E-state index is 0.0114. The summed E-state index contributed by atoms with van der Waals surface area (Å²) in [6, 6.07) is 15.6. The van der Waals surface area contributed by atoms with Gasteiger partial charge < -0.3 is 10.0 Å². The lowest BCUT2D eigenvalue weighted by Crippen LogP contribution is -2.40. The van der Waals surface area contributed by atoms with Crippen LogP contribution in [0.5, 0.6) is 0 Å². The van der Waals surface area contributed by atoms with E-state index in [0.717, 1.165) is 16.7 Å². The molecule has 2 aromatic carbocycles. The van der Waals surface area contributed by atoms with Crippen LogP contribution >= 0.6 is 0 Å². The van der Waals surface area contributed by atoms with E-state index in [1.165, 1.54) is 5.56 Å². The highest BCUT2D eigenvalue weighted by Gasteiger charge is 2.32. The molecule has 124 valence electrons. The molecule has 1 aliphatic rings. The van der Waals surface area contributed by atoms with Crippen LogP contribution in [-0.2, 0) is 22.6 Å². The van der Waals surface area contributed by atoms with Crippen molar-refractivity contribution in [3.63, 3.8) is 0 Å². The van der Waals surface area contributed by atoms with Gasteiger partial charge in [-0.25, -0.2) is 0 Å². The molecule has 1 atom stereocenters. The van der Waals surface area contributed by atoms with E-state index in [-0.39, 0.29) is 12.5 Å². The predicted molar refractivity (Wildman–Crippen MR) is 91.7 cm³/mol. The number of carboxylic acids is 1. The highest BCUT2D eigenvalue weighted by atomic mass is 16.4. The zero-order valence-corrected chi connectivity index (χ0v) is 13.7. The van der Waals surface area contributed by atoms with E-state index in [0.29, 0.717) is 19.4 Å². The van der Waals surface area contributed by atoms with Crippen LogP contribution in [0.2, 0.25) is 0 Å². The summed E-state index contributed by atoms with van der Waals surface area (Å²) in [6.45, 7) is 2.77. The molecule has 24 heavy (non-hydrogen) atoms. The monoisotopic (exact) mass is 323 g/mol. The lowest BCUT2D eigenvalue weighted by Gasteiger charge is -2.33. The number of hydrogen-bond acceptors (Lipinski definition) is 2. The maximum Gasteiger partial charge on any atom is 0.312 e. The third kappa shape index (κ3) is 3.48. The molecule has 1 amide bonds. The Morgan fingerprint density at radius 1 is 1.17 bits per heavy atom. The van der Waals surface area contributed by atoms with E-state index >= 15 is 0 Å². The van der Waals surface area contributed by atoms with Gasteiger partial charge in [-0.3, -0.25) is 9.59 Å². The molecule has 0 radical (unpaired) electrons. The summed E-state index contributed by atoms with van der Waals surface area (Å²) in [7, 11) is 0. The molecule has 2 aromatic rings. The SMILES string of the molecule is Cc1cccc(CCC(=O)N2Cc3ccccc3C(C(=O)O)C2)c1. The van der Waals surface area contributed by atoms with Crippen molar-refractivity contribution >= 4 is 11.9 Å². The van der Waals surface area contributed by atoms with Crippen molar-refractivity contribution in [1.82, 2.24) is 4.90 Å². The van der Waals surface area contributed by atoms with Gasteiger partial charge in [0.1, 0.15) is 0 Å². The lowest BCUT2D eigenvalue weighted by molar-refractivity contribution is -0.141. The predicted octanol–water partition coefficient (Wildman–Crippen LogP) is 3.14. The number of rotatable bonds is 4. The van der Waals surface area contributed by atoms with Gasteiger partial charge in [-0.15, -0.1) is 0 Å². The van der Waals surface area contributed by atoms with Crippen molar-refractivity contribution in [1.29, 1.82) is 0 Å². The van der Waals surface area contributed by atoms with Crippen LogP contribution in [0, 0.1) is 6.92 Å². The molecule has 4 heteroatoms. The number of carbonyl (C=O) groups is 2. The number of aliphatic carboxylic acids is 1. The number of aryl methyl sites for hydroxylation is 2. The fraction of sp³-hybridized carbons (Fsp3) is 0.300. The second kappa shape index (κ2) is 6.87. The van der Waals surface area contributed by atoms with Crippen molar-refractivity contribution in [2.24, 2.45) is 0 Å². The second-order valence-electron chi connectivity index (χ2n) is 6.35. The van der Waals surface area contributed by atoms with Gasteiger partial charge in [0.2, 0.25) is 5.91 Å². The normalized spacial score (nSPS) is 16.5. The molecule has 0 fully saturated rings. The molecule has 0 saturated heterocycles. The zero-order chi connectivity index (χ0) is 17.1. The van der Waals surface area contributed by atoms with E-state index in [1.807, 2.05) is 49.4 Å². The molecule has 1 heterocycles. The van der Waals surface area contributed by atoms with E-state index in [1.54, 1.807) is 4.90 Å². The van der Waals surface area contributed by atoms with Crippen LogP contribution in [0.15, 0.2) is 48.5 Å². The Balaban J connectivity index is 1.71. The Labute approximate surface area is 141 Å². The standard InChI is InChI=1S/C20H21NO3/c1-14-5-4-6-15(11-14)9-10-19(22)21-12-16-7-2-3-8-17(16)18(13-21)20(23)24/h2-8,11,18H,9-10,12-13H2,1H3,(H,23,24). The molecule has 0 saturated carbocycles. The Hall–Kier alpha value is -2.62. The number of hydrogen-bond donors (Lipinski definition) is 1. The molecule has 1 N–H and O–H groups in total. The van der Waals surface area contributed by atoms with Crippen molar-refractivity contribution < 1.29 is 14.7 Å². The van der Waals surface area contributed by atoms with Gasteiger partial charge in [-0.1, -0.05) is 54.1 Å². The van der Waals surface area contributed by atoms with Crippen LogP contribution in [0.3, 0.4) is 0 Å². The van der Waals surface area contributed by atoms with Crippen LogP contribution < -0.4 is 0 Å². The smallest absolute Gasteiger partial charge is 0.312 e. The molecular weight excluding hydrogens is 302 g/mol. The van der Waals surface area contributed by atoms with Gasteiger partial charge in [-0.2, -0.15) is 0 Å². The summed E-state index contributed by atoms with van der Waals surface area (Å²) in [5.74, 6) is -1.51. The fourth-order valence-corrected chi connectivity index (χ4v) is 3.29. The van der Waals surface area contributed by atoms with E-state index < -0.39 is 11.9 Å². The van der Waals surface area contributed by atoms with Gasteiger partial charge >= 0.3 is 5.97 Å². The van der Waals surface area contributed by atoms with Crippen LogP contribution in [-0.4, -0.2) is 28.4 Å². The number of fused-ring (bicyclic) bond motifs is 1. The molecule has 1 aliphatic heterocycles. The van der Waals surface area contributed by atoms with E-state index in [4.69, 9.17) is 0 Å². The Bertz CT molecular complexity index is 769. The molecule has 0 aromatic heterocycles. The average molecular weight is 323 g/mol. The third-order valence-corrected chi connectivity index (χ3v) is 4.56. The minimum Gasteiger partial charge on any atom is -0.481 e. The first kappa shape index (κ1) is 16.2. The number of amides is 1. The van der Waals surface area contributed by atoms with E-state index in [2.05, 4.69) is 6.07 Å². The first-order chi connectivity index (χ1) is 11.5. The van der Waals surface area contributed by atoms with Gasteiger partial charge in [0.05, 0.1) is 5.92 Å². The minimum atomic E-state index is -0.876. The summed E-state index contributed by atoms with van der Waals surface area (Å²) in [5, 5.41) is 9.49. The van der Waals surface area contributed by atoms with Crippen molar-refractivity contribution in [3.8, 4) is 0 Å². The number of nitrogens with zero attached hydrogens (tertiary/aromatic N) is 1. The van der Waals surface area contributed by atoms with Crippen LogP contribution in [0.1, 0.15) is 34.6 Å². The molecule has 0 bridgehead atoms. The summed E-state index contributed by atoms with van der Waals surface area (Å²) in [5.41, 5.74) is 4.07. The molecule has 1 unspecified atom stereocenters. The topological polar surface area (TPSA) is 57.6 Å². The van der Waals surface area contributed by atoms with E-state index in [9.17, 15) is 14.7 Å². The first-order valence-corrected chi connectivity index (χ1v) is 8.18. The van der Waals surface area contributed by atoms with Crippen molar-refractivity contribution in [3.05, 3.63) is 70.8 Å². The Morgan fingerprint density at radius 2 is 1.96 bits per heavy atom. The molecule has 4 nitrogen and oxygen atoms in total. The maximum absolute atomic E-state index is 12.6. The first-order valence-electron chi connectivity index (χ1n) is 8.18. The van der Waals surface area contributed by atoms with Crippen LogP contribution in [0.25, 0.3) is 0 Å². The number of carboxylic acid groups (broad SMARTS) is 1. The molecular formula is C20H21NO3. The third-order valence-electron chi connectivity index (χ3n) is 4.56. The number of carbonyl (C=O) groups excluding carboxylic acids is 1. The average Bonchev–Trinajstić information content (AvgIpc) is 2.58. The summed E-state index contributed by atoms with van der Waals surface area (Å²) < 4.78 is 0. The molecule has 0 spiro atoms. The Kier molecular flexibility index (Phi) is 4.65. The quantitative estimate of drug-likeness (QED) is 0.940. The maximum atomic E-state index is 12.6. The van der Waals surface area contributed by atoms with Crippen molar-refractivity contribution in [2.75, 3.05) is 6.54 Å².